The van der Waals surface area contributed by atoms with Gasteiger partial charge in [0.25, 0.3) is 0 Å². The Bertz CT molecular complexity index is 1260. The summed E-state index contributed by atoms with van der Waals surface area (Å²) in [4.78, 5) is 34.2. The van der Waals surface area contributed by atoms with Gasteiger partial charge >= 0.3 is 12.4 Å². The Kier molecular flexibility index (Phi) is 8.72. The van der Waals surface area contributed by atoms with Gasteiger partial charge in [-0.15, -0.1) is 13.2 Å². The van der Waals surface area contributed by atoms with Gasteiger partial charge in [-0.2, -0.15) is 0 Å². The molecule has 1 aliphatic carbocycles. The Hall–Kier alpha value is -3.16. The van der Waals surface area contributed by atoms with Crippen LogP contribution in [0, 0.1) is 0 Å². The van der Waals surface area contributed by atoms with Crippen LogP contribution in [0.2, 0.25) is 25.7 Å². The van der Waals surface area contributed by atoms with Gasteiger partial charge in [0.2, 0.25) is 5.91 Å². The average molecular weight is 595 g/mol. The van der Waals surface area contributed by atoms with E-state index in [4.69, 9.17) is 4.74 Å². The number of carbonyl (C=O) groups is 2. The summed E-state index contributed by atoms with van der Waals surface area (Å²) in [5.41, 5.74) is 0.298. The molecule has 0 saturated heterocycles. The highest BCUT2D eigenvalue weighted by molar-refractivity contribution is 6.76. The SMILES string of the molecule is CC(C)(O)C(NC(=O)N1CC(=O)N(COCC[Si](C)(C)C)c2cc(C3CC3)cnc21)c1ccc(OC(F)(F)F)cc1. The van der Waals surface area contributed by atoms with Crippen LogP contribution >= 0.6 is 0 Å². The number of nitrogens with zero attached hydrogens (tertiary/aromatic N) is 3. The summed E-state index contributed by atoms with van der Waals surface area (Å²) in [6, 6.07) is 5.99. The van der Waals surface area contributed by atoms with E-state index in [2.05, 4.69) is 34.7 Å². The van der Waals surface area contributed by atoms with E-state index in [9.17, 15) is 27.9 Å². The van der Waals surface area contributed by atoms with Gasteiger partial charge in [0.1, 0.15) is 19.0 Å². The summed E-state index contributed by atoms with van der Waals surface area (Å²) in [7, 11) is -1.33. The molecule has 0 radical (unpaired) electrons. The smallest absolute Gasteiger partial charge is 0.406 e. The highest BCUT2D eigenvalue weighted by atomic mass is 28.3. The number of carbonyl (C=O) groups excluding carboxylic acids is 2. The van der Waals surface area contributed by atoms with E-state index in [-0.39, 0.29) is 25.0 Å². The van der Waals surface area contributed by atoms with Crippen molar-refractivity contribution >= 4 is 31.5 Å². The maximum atomic E-state index is 13.6. The quantitative estimate of drug-likeness (QED) is 0.276. The van der Waals surface area contributed by atoms with Crippen molar-refractivity contribution in [1.82, 2.24) is 10.3 Å². The molecule has 13 heteroatoms. The summed E-state index contributed by atoms with van der Waals surface area (Å²) in [5, 5.41) is 13.6. The molecule has 2 heterocycles. The number of nitrogens with one attached hydrogen (secondary N) is 1. The monoisotopic (exact) mass is 594 g/mol. The van der Waals surface area contributed by atoms with Gasteiger partial charge < -0.3 is 19.9 Å². The number of amides is 3. The number of rotatable bonds is 10. The second-order valence-corrected chi connectivity index (χ2v) is 17.9. The number of benzene rings is 1. The lowest BCUT2D eigenvalue weighted by atomic mass is 9.92. The third-order valence-electron chi connectivity index (χ3n) is 6.94. The fraction of sp³-hybridized carbons (Fsp3) is 0.536. The molecule has 1 unspecified atom stereocenters. The zero-order valence-electron chi connectivity index (χ0n) is 23.9. The average Bonchev–Trinajstić information content (AvgIpc) is 3.69. The van der Waals surface area contributed by atoms with Crippen molar-refractivity contribution in [3.8, 4) is 5.75 Å². The molecule has 0 spiro atoms. The first-order chi connectivity index (χ1) is 19.0. The van der Waals surface area contributed by atoms with Crippen molar-refractivity contribution in [2.75, 3.05) is 29.7 Å². The minimum Gasteiger partial charge on any atom is -0.406 e. The van der Waals surface area contributed by atoms with E-state index < -0.39 is 37.9 Å². The Labute approximate surface area is 238 Å². The zero-order chi connectivity index (χ0) is 30.2. The highest BCUT2D eigenvalue weighted by Crippen LogP contribution is 2.43. The van der Waals surface area contributed by atoms with Crippen molar-refractivity contribution in [1.29, 1.82) is 0 Å². The number of halogens is 3. The fourth-order valence-electron chi connectivity index (χ4n) is 4.51. The molecule has 3 amide bonds. The molecular weight excluding hydrogens is 557 g/mol. The van der Waals surface area contributed by atoms with E-state index in [1.807, 2.05) is 6.07 Å². The van der Waals surface area contributed by atoms with Crippen molar-refractivity contribution in [3.63, 3.8) is 0 Å². The lowest BCUT2D eigenvalue weighted by molar-refractivity contribution is -0.274. The topological polar surface area (TPSA) is 104 Å². The maximum absolute atomic E-state index is 13.6. The molecular formula is C28H37F3N4O5Si. The molecule has 1 aliphatic heterocycles. The van der Waals surface area contributed by atoms with Gasteiger partial charge in [-0.25, -0.2) is 9.78 Å². The van der Waals surface area contributed by atoms with Gasteiger partial charge in [0.05, 0.1) is 17.3 Å². The Balaban J connectivity index is 1.57. The van der Waals surface area contributed by atoms with E-state index in [0.29, 0.717) is 23.8 Å². The number of urea groups is 1. The van der Waals surface area contributed by atoms with E-state index in [1.54, 1.807) is 6.20 Å². The minimum absolute atomic E-state index is 0.0419. The predicted molar refractivity (Wildman–Crippen MR) is 151 cm³/mol. The fourth-order valence-corrected chi connectivity index (χ4v) is 5.27. The second kappa shape index (κ2) is 11.6. The van der Waals surface area contributed by atoms with E-state index in [1.165, 1.54) is 35.8 Å². The third-order valence-corrected chi connectivity index (χ3v) is 8.65. The predicted octanol–water partition coefficient (Wildman–Crippen LogP) is 5.54. The first kappa shape index (κ1) is 30.8. The Morgan fingerprint density at radius 2 is 1.85 bits per heavy atom. The molecule has 9 nitrogen and oxygen atoms in total. The zero-order valence-corrected chi connectivity index (χ0v) is 24.9. The number of aliphatic hydroxyl groups is 1. The van der Waals surface area contributed by atoms with Gasteiger partial charge in [-0.1, -0.05) is 31.8 Å². The normalized spacial score (nSPS) is 16.9. The highest BCUT2D eigenvalue weighted by Gasteiger charge is 2.39. The molecule has 1 aromatic heterocycles. The van der Waals surface area contributed by atoms with Crippen LogP contribution in [0.25, 0.3) is 0 Å². The summed E-state index contributed by atoms with van der Waals surface area (Å²) in [6.07, 6.45) is -1.07. The number of aromatic nitrogens is 1. The van der Waals surface area contributed by atoms with Crippen LogP contribution in [0.1, 0.15) is 49.8 Å². The molecule has 0 bridgehead atoms. The second-order valence-electron chi connectivity index (χ2n) is 12.3. The Morgan fingerprint density at radius 1 is 1.20 bits per heavy atom. The van der Waals surface area contributed by atoms with Crippen LogP contribution in [0.5, 0.6) is 5.75 Å². The molecule has 1 aromatic carbocycles. The van der Waals surface area contributed by atoms with E-state index >= 15 is 0 Å². The minimum atomic E-state index is -4.85. The van der Waals surface area contributed by atoms with Gasteiger partial charge in [0, 0.05) is 20.9 Å². The number of anilines is 2. The summed E-state index contributed by atoms with van der Waals surface area (Å²) in [6.45, 7) is 9.92. The lowest BCUT2D eigenvalue weighted by Crippen LogP contribution is -2.54. The van der Waals surface area contributed by atoms with E-state index in [0.717, 1.165) is 36.6 Å². The maximum Gasteiger partial charge on any atom is 0.573 e. The number of fused-ring (bicyclic) bond motifs is 1. The van der Waals surface area contributed by atoms with Crippen LogP contribution in [-0.2, 0) is 9.53 Å². The molecule has 1 atom stereocenters. The molecule has 2 aromatic rings. The first-order valence-corrected chi connectivity index (χ1v) is 17.3. The van der Waals surface area contributed by atoms with Crippen LogP contribution in [0.15, 0.2) is 36.5 Å². The van der Waals surface area contributed by atoms with Crippen LogP contribution in [0.3, 0.4) is 0 Å². The molecule has 224 valence electrons. The van der Waals surface area contributed by atoms with Crippen LogP contribution < -0.4 is 19.9 Å². The number of ether oxygens (including phenoxy) is 2. The van der Waals surface area contributed by atoms with Crippen molar-refractivity contribution in [3.05, 3.63) is 47.7 Å². The number of pyridine rings is 1. The van der Waals surface area contributed by atoms with Crippen LogP contribution in [0.4, 0.5) is 29.5 Å². The number of hydrogen-bond acceptors (Lipinski definition) is 6. The number of alkyl halides is 3. The van der Waals surface area contributed by atoms with Gasteiger partial charge in [0.15, 0.2) is 5.82 Å². The standard InChI is InChI=1S/C28H37F3N4O5Si/c1-27(2,38)24(19-8-10-21(11-9-19)40-28(29,30)31)33-26(37)34-16-23(36)35(17-39-12-13-41(3,4)5)22-14-20(18-6-7-18)15-32-25(22)34/h8-11,14-15,18,24,38H,6-7,12-13,16-17H2,1-5H3,(H,33,37). The van der Waals surface area contributed by atoms with Crippen LogP contribution in [-0.4, -0.2) is 61.9 Å². The molecule has 41 heavy (non-hydrogen) atoms. The summed E-state index contributed by atoms with van der Waals surface area (Å²) < 4.78 is 47.6. The van der Waals surface area contributed by atoms with Crippen molar-refractivity contribution in [2.24, 2.45) is 0 Å². The lowest BCUT2D eigenvalue weighted by Gasteiger charge is -2.37. The van der Waals surface area contributed by atoms with Crippen molar-refractivity contribution in [2.45, 2.75) is 76.3 Å². The first-order valence-electron chi connectivity index (χ1n) is 13.6. The van der Waals surface area contributed by atoms with Gasteiger partial charge in [-0.05, 0) is 68.0 Å². The molecule has 1 saturated carbocycles. The van der Waals surface area contributed by atoms with Gasteiger partial charge in [-0.3, -0.25) is 14.6 Å². The third kappa shape index (κ3) is 8.20. The number of hydrogen-bond donors (Lipinski definition) is 2. The molecule has 4 rings (SSSR count). The molecule has 2 N–H and O–H groups in total. The van der Waals surface area contributed by atoms with Crippen molar-refractivity contribution < 1.29 is 37.3 Å². The summed E-state index contributed by atoms with van der Waals surface area (Å²) in [5.74, 6) is -0.126. The molecule has 1 fully saturated rings. The summed E-state index contributed by atoms with van der Waals surface area (Å²) >= 11 is 0. The molecule has 2 aliphatic rings. The largest absolute Gasteiger partial charge is 0.573 e. The Morgan fingerprint density at radius 3 is 2.41 bits per heavy atom.